The molecule has 104 valence electrons. The molecule has 0 aliphatic rings. The highest BCUT2D eigenvalue weighted by molar-refractivity contribution is 9.10. The Labute approximate surface area is 126 Å². The number of ether oxygens (including phenoxy) is 2. The number of nitrogens with two attached hydrogens (primary N) is 1. The molecule has 0 aliphatic carbocycles. The van der Waals surface area contributed by atoms with Gasteiger partial charge in [0.05, 0.1) is 19.8 Å². The van der Waals surface area contributed by atoms with Crippen molar-refractivity contribution in [1.82, 2.24) is 4.98 Å². The van der Waals surface area contributed by atoms with E-state index < -0.39 is 0 Å². The fraction of sp³-hybridized carbons (Fsp3) is 0.133. The van der Waals surface area contributed by atoms with E-state index in [4.69, 9.17) is 15.2 Å². The molecular formula is C15H15BrN2O2. The third-order valence-corrected chi connectivity index (χ3v) is 3.23. The van der Waals surface area contributed by atoms with E-state index >= 15 is 0 Å². The van der Waals surface area contributed by atoms with E-state index in [2.05, 4.69) is 20.9 Å². The highest BCUT2D eigenvalue weighted by atomic mass is 79.9. The molecule has 0 atom stereocenters. The number of benzene rings is 1. The molecular weight excluding hydrogens is 320 g/mol. The smallest absolute Gasteiger partial charge is 0.130 e. The van der Waals surface area contributed by atoms with Crippen LogP contribution in [0.2, 0.25) is 0 Å². The number of nitrogens with zero attached hydrogens (tertiary/aromatic N) is 1. The summed E-state index contributed by atoms with van der Waals surface area (Å²) >= 11 is 3.38. The van der Waals surface area contributed by atoms with Crippen molar-refractivity contribution in [1.29, 1.82) is 0 Å². The van der Waals surface area contributed by atoms with Gasteiger partial charge in [-0.05, 0) is 40.2 Å². The van der Waals surface area contributed by atoms with E-state index in [1.807, 2.05) is 36.4 Å². The molecule has 0 unspecified atom stereocenters. The van der Waals surface area contributed by atoms with Crippen molar-refractivity contribution in [2.45, 2.75) is 0 Å². The largest absolute Gasteiger partial charge is 0.496 e. The van der Waals surface area contributed by atoms with Crippen molar-refractivity contribution >= 4 is 33.6 Å². The minimum absolute atomic E-state index is 0.442. The fourth-order valence-corrected chi connectivity index (χ4v) is 2.17. The third kappa shape index (κ3) is 3.11. The Morgan fingerprint density at radius 1 is 1.30 bits per heavy atom. The molecule has 2 aromatic rings. The van der Waals surface area contributed by atoms with E-state index in [9.17, 15) is 0 Å². The lowest BCUT2D eigenvalue weighted by Gasteiger charge is -2.11. The van der Waals surface area contributed by atoms with Crippen LogP contribution >= 0.6 is 15.9 Å². The molecule has 1 aromatic heterocycles. The van der Waals surface area contributed by atoms with Gasteiger partial charge in [0.25, 0.3) is 0 Å². The van der Waals surface area contributed by atoms with Crippen LogP contribution in [0.5, 0.6) is 5.75 Å². The number of nitrogen functional groups attached to an aromatic ring is 1. The van der Waals surface area contributed by atoms with Gasteiger partial charge in [0, 0.05) is 16.2 Å². The van der Waals surface area contributed by atoms with Gasteiger partial charge >= 0.3 is 0 Å². The van der Waals surface area contributed by atoms with Gasteiger partial charge in [-0.15, -0.1) is 0 Å². The first-order valence-electron chi connectivity index (χ1n) is 5.95. The molecule has 0 bridgehead atoms. The Morgan fingerprint density at radius 3 is 2.75 bits per heavy atom. The minimum atomic E-state index is 0.442. The van der Waals surface area contributed by atoms with Crippen LogP contribution in [0.25, 0.3) is 11.8 Å². The number of anilines is 1. The maximum Gasteiger partial charge on any atom is 0.130 e. The lowest BCUT2D eigenvalue weighted by Crippen LogP contribution is -1.96. The Kier molecular flexibility index (Phi) is 4.63. The summed E-state index contributed by atoms with van der Waals surface area (Å²) in [6.07, 6.45) is 3.49. The van der Waals surface area contributed by atoms with Crippen molar-refractivity contribution in [3.63, 3.8) is 0 Å². The number of aromatic nitrogens is 1. The van der Waals surface area contributed by atoms with Crippen LogP contribution in [-0.4, -0.2) is 19.2 Å². The number of pyridine rings is 1. The summed E-state index contributed by atoms with van der Waals surface area (Å²) in [7, 11) is 3.24. The van der Waals surface area contributed by atoms with E-state index in [1.54, 1.807) is 20.4 Å². The van der Waals surface area contributed by atoms with Gasteiger partial charge in [-0.1, -0.05) is 12.1 Å². The second kappa shape index (κ2) is 6.43. The summed E-state index contributed by atoms with van der Waals surface area (Å²) in [6.45, 7) is 0. The Bertz CT molecular complexity index is 642. The maximum absolute atomic E-state index is 5.88. The highest BCUT2D eigenvalue weighted by Gasteiger charge is 2.09. The van der Waals surface area contributed by atoms with E-state index in [1.165, 1.54) is 0 Å². The molecule has 20 heavy (non-hydrogen) atoms. The SMILES string of the molecule is COC(=Cc1cc(Br)cnc1N)c1ccccc1OC. The van der Waals surface area contributed by atoms with E-state index in [0.717, 1.165) is 21.3 Å². The fourth-order valence-electron chi connectivity index (χ4n) is 1.82. The number of hydrogen-bond acceptors (Lipinski definition) is 4. The van der Waals surface area contributed by atoms with Crippen LogP contribution in [0, 0.1) is 0 Å². The van der Waals surface area contributed by atoms with Crippen molar-refractivity contribution in [2.24, 2.45) is 0 Å². The summed E-state index contributed by atoms with van der Waals surface area (Å²) in [6, 6.07) is 9.52. The summed E-state index contributed by atoms with van der Waals surface area (Å²) in [5.41, 5.74) is 7.52. The van der Waals surface area contributed by atoms with Gasteiger partial charge in [-0.25, -0.2) is 4.98 Å². The van der Waals surface area contributed by atoms with Gasteiger partial charge in [-0.3, -0.25) is 0 Å². The Balaban J connectivity index is 2.51. The molecule has 0 amide bonds. The summed E-state index contributed by atoms with van der Waals surface area (Å²) in [5.74, 6) is 1.84. The molecule has 0 saturated heterocycles. The van der Waals surface area contributed by atoms with Crippen molar-refractivity contribution in [3.05, 3.63) is 52.1 Å². The van der Waals surface area contributed by atoms with Crippen LogP contribution < -0.4 is 10.5 Å². The van der Waals surface area contributed by atoms with Crippen molar-refractivity contribution < 1.29 is 9.47 Å². The standard InChI is InChI=1S/C15H15BrN2O2/c1-19-13-6-4-3-5-12(13)14(20-2)8-10-7-11(16)9-18-15(10)17/h3-9H,1-2H3,(H2,17,18). The summed E-state index contributed by atoms with van der Waals surface area (Å²) < 4.78 is 11.7. The average molecular weight is 335 g/mol. The van der Waals surface area contributed by atoms with Crippen molar-refractivity contribution in [2.75, 3.05) is 20.0 Å². The molecule has 5 heteroatoms. The van der Waals surface area contributed by atoms with Crippen LogP contribution in [0.1, 0.15) is 11.1 Å². The molecule has 0 radical (unpaired) electrons. The first-order valence-corrected chi connectivity index (χ1v) is 6.75. The molecule has 0 aliphatic heterocycles. The van der Waals surface area contributed by atoms with Crippen LogP contribution in [0.3, 0.4) is 0 Å². The number of para-hydroxylation sites is 1. The van der Waals surface area contributed by atoms with Gasteiger partial charge in [0.1, 0.15) is 17.3 Å². The minimum Gasteiger partial charge on any atom is -0.496 e. The van der Waals surface area contributed by atoms with Crippen molar-refractivity contribution in [3.8, 4) is 5.75 Å². The second-order valence-corrected chi connectivity index (χ2v) is 4.96. The third-order valence-electron chi connectivity index (χ3n) is 2.80. The van der Waals surface area contributed by atoms with Gasteiger partial charge in [0.2, 0.25) is 0 Å². The normalized spacial score (nSPS) is 11.2. The zero-order valence-corrected chi connectivity index (χ0v) is 12.8. The molecule has 0 spiro atoms. The monoisotopic (exact) mass is 334 g/mol. The molecule has 2 rings (SSSR count). The summed E-state index contributed by atoms with van der Waals surface area (Å²) in [5, 5.41) is 0. The van der Waals surface area contributed by atoms with Gasteiger partial charge in [-0.2, -0.15) is 0 Å². The molecule has 0 saturated carbocycles. The quantitative estimate of drug-likeness (QED) is 0.868. The molecule has 0 fully saturated rings. The zero-order chi connectivity index (χ0) is 14.5. The highest BCUT2D eigenvalue weighted by Crippen LogP contribution is 2.29. The number of hydrogen-bond donors (Lipinski definition) is 1. The van der Waals surface area contributed by atoms with Crippen LogP contribution in [0.15, 0.2) is 41.0 Å². The number of rotatable bonds is 4. The maximum atomic E-state index is 5.88. The molecule has 2 N–H and O–H groups in total. The van der Waals surface area contributed by atoms with E-state index in [0.29, 0.717) is 11.6 Å². The Morgan fingerprint density at radius 2 is 2.05 bits per heavy atom. The lowest BCUT2D eigenvalue weighted by atomic mass is 10.1. The first-order chi connectivity index (χ1) is 9.65. The Hall–Kier alpha value is -2.01. The number of halogens is 1. The predicted molar refractivity (Wildman–Crippen MR) is 84.2 cm³/mol. The molecule has 4 nitrogen and oxygen atoms in total. The topological polar surface area (TPSA) is 57.4 Å². The number of methoxy groups -OCH3 is 2. The van der Waals surface area contributed by atoms with Gasteiger partial charge in [0.15, 0.2) is 0 Å². The van der Waals surface area contributed by atoms with Gasteiger partial charge < -0.3 is 15.2 Å². The summed E-state index contributed by atoms with van der Waals surface area (Å²) in [4.78, 5) is 4.10. The first kappa shape index (κ1) is 14.4. The zero-order valence-electron chi connectivity index (χ0n) is 11.3. The molecule has 1 aromatic carbocycles. The second-order valence-electron chi connectivity index (χ2n) is 4.04. The molecule has 1 heterocycles. The van der Waals surface area contributed by atoms with Crippen LogP contribution in [0.4, 0.5) is 5.82 Å². The van der Waals surface area contributed by atoms with E-state index in [-0.39, 0.29) is 0 Å². The average Bonchev–Trinajstić information content (AvgIpc) is 2.48. The van der Waals surface area contributed by atoms with Crippen LogP contribution in [-0.2, 0) is 4.74 Å². The lowest BCUT2D eigenvalue weighted by molar-refractivity contribution is 0.364. The predicted octanol–water partition coefficient (Wildman–Crippen LogP) is 3.58.